The van der Waals surface area contributed by atoms with Gasteiger partial charge in [-0.2, -0.15) is 10.5 Å². The Bertz CT molecular complexity index is 1180. The van der Waals surface area contributed by atoms with Gasteiger partial charge < -0.3 is 0 Å². The maximum Gasteiger partial charge on any atom is 0.0991 e. The number of aromatic nitrogens is 2. The molecular formula is C26H18N4. The monoisotopic (exact) mass is 386 g/mol. The molecule has 0 unspecified atom stereocenters. The smallest absolute Gasteiger partial charge is 0.0991 e. The lowest BCUT2D eigenvalue weighted by molar-refractivity contribution is 0.720. The normalized spacial score (nSPS) is 11.4. The van der Waals surface area contributed by atoms with Crippen molar-refractivity contribution in [2.75, 3.05) is 0 Å². The van der Waals surface area contributed by atoms with Gasteiger partial charge in [0.15, 0.2) is 0 Å². The van der Waals surface area contributed by atoms with Gasteiger partial charge in [-0.25, -0.2) is 0 Å². The van der Waals surface area contributed by atoms with Gasteiger partial charge in [-0.3, -0.25) is 9.97 Å². The molecular weight excluding hydrogens is 368 g/mol. The fraction of sp³-hybridized carbons (Fsp3) is 0.0769. The largest absolute Gasteiger partial charge is 0.264 e. The van der Waals surface area contributed by atoms with E-state index in [9.17, 15) is 10.5 Å². The van der Waals surface area contributed by atoms with Crippen LogP contribution < -0.4 is 0 Å². The first-order valence-corrected chi connectivity index (χ1v) is 9.60. The molecule has 0 saturated carbocycles. The lowest BCUT2D eigenvalue weighted by Crippen LogP contribution is -2.13. The van der Waals surface area contributed by atoms with Crippen LogP contribution in [0.5, 0.6) is 0 Å². The van der Waals surface area contributed by atoms with Crippen LogP contribution in [0.2, 0.25) is 0 Å². The Morgan fingerprint density at radius 2 is 1.43 bits per heavy atom. The second-order valence-corrected chi connectivity index (χ2v) is 6.94. The quantitative estimate of drug-likeness (QED) is 0.457. The van der Waals surface area contributed by atoms with Crippen molar-refractivity contribution in [1.29, 1.82) is 10.5 Å². The summed E-state index contributed by atoms with van der Waals surface area (Å²) in [5.74, 6) is -0.682. The molecule has 0 fully saturated rings. The van der Waals surface area contributed by atoms with Crippen LogP contribution in [0.1, 0.15) is 34.1 Å². The summed E-state index contributed by atoms with van der Waals surface area (Å²) in [6.07, 6.45) is 7.07. The van der Waals surface area contributed by atoms with E-state index >= 15 is 0 Å². The molecule has 4 nitrogen and oxygen atoms in total. The van der Waals surface area contributed by atoms with Crippen LogP contribution in [0.15, 0.2) is 97.6 Å². The van der Waals surface area contributed by atoms with Gasteiger partial charge in [0.05, 0.1) is 23.6 Å². The van der Waals surface area contributed by atoms with Gasteiger partial charge in [-0.1, -0.05) is 48.5 Å². The van der Waals surface area contributed by atoms with Crippen LogP contribution in [0.3, 0.4) is 0 Å². The van der Waals surface area contributed by atoms with E-state index in [-0.39, 0.29) is 5.92 Å². The van der Waals surface area contributed by atoms with Crippen LogP contribution in [-0.2, 0) is 0 Å². The zero-order chi connectivity index (χ0) is 20.8. The fourth-order valence-electron chi connectivity index (χ4n) is 3.81. The molecule has 0 aliphatic carbocycles. The van der Waals surface area contributed by atoms with Crippen molar-refractivity contribution in [1.82, 2.24) is 9.97 Å². The van der Waals surface area contributed by atoms with Gasteiger partial charge in [-0.05, 0) is 52.1 Å². The third kappa shape index (κ3) is 3.81. The van der Waals surface area contributed by atoms with Gasteiger partial charge in [0.1, 0.15) is 0 Å². The molecule has 1 atom stereocenters. The van der Waals surface area contributed by atoms with Gasteiger partial charge in [-0.15, -0.1) is 0 Å². The van der Waals surface area contributed by atoms with E-state index in [1.807, 2.05) is 66.7 Å². The molecule has 2 aromatic heterocycles. The fourth-order valence-corrected chi connectivity index (χ4v) is 3.81. The summed E-state index contributed by atoms with van der Waals surface area (Å²) in [6.45, 7) is 0. The predicted octanol–water partition coefficient (Wildman–Crippen LogP) is 5.45. The molecule has 4 heteroatoms. The third-order valence-corrected chi connectivity index (χ3v) is 5.16. The molecule has 0 amide bonds. The summed E-state index contributed by atoms with van der Waals surface area (Å²) in [7, 11) is 0. The lowest BCUT2D eigenvalue weighted by atomic mass is 9.76. The SMILES string of the molecule is N#Cc1cccc(-c2ccccc2[C@H](C#N)C(c2cccnc2)c2cccnc2)c1. The Balaban J connectivity index is 1.89. The second kappa shape index (κ2) is 8.82. The van der Waals surface area contributed by atoms with Gasteiger partial charge >= 0.3 is 0 Å². The molecule has 4 rings (SSSR count). The maximum absolute atomic E-state index is 10.3. The number of hydrogen-bond acceptors (Lipinski definition) is 4. The topological polar surface area (TPSA) is 73.4 Å². The highest BCUT2D eigenvalue weighted by molar-refractivity contribution is 5.70. The Kier molecular flexibility index (Phi) is 5.60. The zero-order valence-electron chi connectivity index (χ0n) is 16.2. The second-order valence-electron chi connectivity index (χ2n) is 6.94. The van der Waals surface area contributed by atoms with Crippen LogP contribution in [-0.4, -0.2) is 9.97 Å². The standard InChI is InChI=1S/C26H18N4/c27-15-19-6-3-7-20(14-19)23-10-1-2-11-24(23)25(16-28)26(21-8-4-12-29-17-21)22-9-5-13-30-18-22/h1-14,17-18,25-26H/t25-/m0/s1. The van der Waals surface area contributed by atoms with Crippen molar-refractivity contribution >= 4 is 0 Å². The molecule has 0 radical (unpaired) electrons. The van der Waals surface area contributed by atoms with E-state index in [1.54, 1.807) is 30.9 Å². The molecule has 0 bridgehead atoms. The van der Waals surface area contributed by atoms with Crippen LogP contribution >= 0.6 is 0 Å². The highest BCUT2D eigenvalue weighted by Gasteiger charge is 2.29. The maximum atomic E-state index is 10.3. The highest BCUT2D eigenvalue weighted by atomic mass is 14.6. The summed E-state index contributed by atoms with van der Waals surface area (Å²) in [5.41, 5.74) is 5.27. The van der Waals surface area contributed by atoms with Gasteiger partial charge in [0.25, 0.3) is 0 Å². The average molecular weight is 386 g/mol. The van der Waals surface area contributed by atoms with Crippen molar-refractivity contribution < 1.29 is 0 Å². The number of nitrogens with zero attached hydrogens (tertiary/aromatic N) is 4. The summed E-state index contributed by atoms with van der Waals surface area (Å²) in [6, 6.07) is 27.8. The van der Waals surface area contributed by atoms with Crippen molar-refractivity contribution in [2.24, 2.45) is 0 Å². The third-order valence-electron chi connectivity index (χ3n) is 5.16. The number of nitriles is 2. The summed E-state index contributed by atoms with van der Waals surface area (Å²) in [4.78, 5) is 8.56. The van der Waals surface area contributed by atoms with Crippen molar-refractivity contribution in [3.05, 3.63) is 120 Å². The van der Waals surface area contributed by atoms with Crippen LogP contribution in [0, 0.1) is 22.7 Å². The van der Waals surface area contributed by atoms with E-state index in [4.69, 9.17) is 0 Å². The highest BCUT2D eigenvalue weighted by Crippen LogP contribution is 2.41. The first-order valence-electron chi connectivity index (χ1n) is 9.60. The van der Waals surface area contributed by atoms with Crippen LogP contribution in [0.25, 0.3) is 11.1 Å². The molecule has 4 aromatic rings. The minimum atomic E-state index is -0.458. The molecule has 0 aliphatic rings. The number of rotatable bonds is 5. The van der Waals surface area contributed by atoms with E-state index < -0.39 is 5.92 Å². The molecule has 0 saturated heterocycles. The molecule has 0 aliphatic heterocycles. The number of pyridine rings is 2. The minimum absolute atomic E-state index is 0.224. The zero-order valence-corrected chi connectivity index (χ0v) is 16.2. The Labute approximate surface area is 175 Å². The summed E-state index contributed by atoms with van der Waals surface area (Å²) >= 11 is 0. The van der Waals surface area contributed by atoms with Crippen molar-refractivity contribution in [3.63, 3.8) is 0 Å². The number of benzene rings is 2. The Morgan fingerprint density at radius 3 is 2.03 bits per heavy atom. The first kappa shape index (κ1) is 19.1. The van der Waals surface area contributed by atoms with Gasteiger partial charge in [0.2, 0.25) is 0 Å². The Morgan fingerprint density at radius 1 is 0.733 bits per heavy atom. The Hall–Kier alpha value is -4.28. The van der Waals surface area contributed by atoms with Gasteiger partial charge in [0, 0.05) is 30.7 Å². The van der Waals surface area contributed by atoms with Crippen LogP contribution in [0.4, 0.5) is 0 Å². The molecule has 2 aromatic carbocycles. The predicted molar refractivity (Wildman–Crippen MR) is 115 cm³/mol. The van der Waals surface area contributed by atoms with E-state index in [0.717, 1.165) is 27.8 Å². The number of hydrogen-bond donors (Lipinski definition) is 0. The van der Waals surface area contributed by atoms with E-state index in [0.29, 0.717) is 5.56 Å². The van der Waals surface area contributed by atoms with Crippen molar-refractivity contribution in [2.45, 2.75) is 11.8 Å². The lowest BCUT2D eigenvalue weighted by Gasteiger charge is -2.25. The van der Waals surface area contributed by atoms with E-state index in [1.165, 1.54) is 0 Å². The summed E-state index contributed by atoms with van der Waals surface area (Å²) in [5, 5.41) is 19.6. The molecule has 30 heavy (non-hydrogen) atoms. The molecule has 142 valence electrons. The molecule has 0 spiro atoms. The minimum Gasteiger partial charge on any atom is -0.264 e. The first-order chi connectivity index (χ1) is 14.8. The van der Waals surface area contributed by atoms with E-state index in [2.05, 4.69) is 22.1 Å². The molecule has 0 N–H and O–H groups in total. The van der Waals surface area contributed by atoms with Crippen molar-refractivity contribution in [3.8, 4) is 23.3 Å². The summed E-state index contributed by atoms with van der Waals surface area (Å²) < 4.78 is 0. The molecule has 2 heterocycles. The average Bonchev–Trinajstić information content (AvgIpc) is 2.83.